The van der Waals surface area contributed by atoms with Gasteiger partial charge < -0.3 is 4.98 Å². The van der Waals surface area contributed by atoms with Crippen molar-refractivity contribution in [1.82, 2.24) is 20.2 Å². The summed E-state index contributed by atoms with van der Waals surface area (Å²) in [5.74, 6) is 0.820. The number of aromatic amines is 1. The first-order valence-electron chi connectivity index (χ1n) is 3.80. The van der Waals surface area contributed by atoms with Gasteiger partial charge in [0.15, 0.2) is 0 Å². The number of H-pyrrole nitrogens is 1. The fourth-order valence-corrected chi connectivity index (χ4v) is 1.67. The maximum absolute atomic E-state index is 4.16. The van der Waals surface area contributed by atoms with Gasteiger partial charge in [-0.05, 0) is 0 Å². The molecule has 66 valence electrons. The van der Waals surface area contributed by atoms with Crippen LogP contribution in [-0.2, 0) is 0 Å². The van der Waals surface area contributed by atoms with Crippen LogP contribution < -0.4 is 0 Å². The van der Waals surface area contributed by atoms with E-state index in [1.165, 1.54) is 0 Å². The van der Waals surface area contributed by atoms with Crippen LogP contribution in [0.15, 0.2) is 30.2 Å². The van der Waals surface area contributed by atoms with Crippen LogP contribution in [0, 0.1) is 0 Å². The van der Waals surface area contributed by atoms with Crippen LogP contribution in [0.2, 0.25) is 0 Å². The van der Waals surface area contributed by atoms with Gasteiger partial charge >= 0.3 is 0 Å². The third kappa shape index (κ3) is 1.55. The Bertz CT molecular complexity index is 423. The lowest BCUT2D eigenvalue weighted by Crippen LogP contribution is -1.86. The largest absolute Gasteiger partial charge is 0.343 e. The quantitative estimate of drug-likeness (QED) is 0.593. The summed E-state index contributed by atoms with van der Waals surface area (Å²) >= 11 is 1.58. The molecule has 0 unspecified atom stereocenters. The first-order valence-corrected chi connectivity index (χ1v) is 4.79. The van der Waals surface area contributed by atoms with E-state index in [2.05, 4.69) is 26.7 Å². The van der Waals surface area contributed by atoms with E-state index in [9.17, 15) is 0 Å². The van der Waals surface area contributed by atoms with Crippen molar-refractivity contribution in [3.8, 4) is 0 Å². The topological polar surface area (TPSA) is 54.5 Å². The lowest BCUT2D eigenvalue weighted by Gasteiger charge is -1.95. The molecule has 2 aromatic heterocycles. The SMILES string of the molecule is C=CCSc1nncc2[nH]cnc12. The number of hydrogen-bond acceptors (Lipinski definition) is 4. The molecule has 2 rings (SSSR count). The first-order chi connectivity index (χ1) is 6.42. The summed E-state index contributed by atoms with van der Waals surface area (Å²) in [5, 5.41) is 8.71. The van der Waals surface area contributed by atoms with E-state index in [1.807, 2.05) is 6.08 Å². The molecule has 0 aromatic carbocycles. The fourth-order valence-electron chi connectivity index (χ4n) is 0.995. The van der Waals surface area contributed by atoms with E-state index < -0.39 is 0 Å². The molecule has 0 atom stereocenters. The zero-order chi connectivity index (χ0) is 9.10. The molecule has 2 heterocycles. The normalized spacial score (nSPS) is 10.5. The lowest BCUT2D eigenvalue weighted by atomic mass is 10.5. The van der Waals surface area contributed by atoms with Crippen LogP contribution in [0.1, 0.15) is 0 Å². The van der Waals surface area contributed by atoms with Gasteiger partial charge in [0.25, 0.3) is 0 Å². The van der Waals surface area contributed by atoms with Gasteiger partial charge in [0, 0.05) is 5.75 Å². The molecule has 0 aliphatic rings. The number of imidazole rings is 1. The molecule has 1 N–H and O–H groups in total. The number of hydrogen-bond donors (Lipinski definition) is 1. The standard InChI is InChI=1S/C8H8N4S/c1-2-3-13-8-7-6(4-11-12-8)9-5-10-7/h2,4-5H,1,3H2,(H,9,10). The van der Waals surface area contributed by atoms with Crippen molar-refractivity contribution in [2.45, 2.75) is 5.03 Å². The average Bonchev–Trinajstić information content (AvgIpc) is 2.62. The van der Waals surface area contributed by atoms with E-state index in [-0.39, 0.29) is 0 Å². The van der Waals surface area contributed by atoms with Gasteiger partial charge in [-0.2, -0.15) is 5.10 Å². The highest BCUT2D eigenvalue weighted by molar-refractivity contribution is 7.99. The van der Waals surface area contributed by atoms with Gasteiger partial charge in [-0.25, -0.2) is 4.98 Å². The van der Waals surface area contributed by atoms with Crippen LogP contribution in [0.3, 0.4) is 0 Å². The second-order valence-corrected chi connectivity index (χ2v) is 3.42. The van der Waals surface area contributed by atoms with Gasteiger partial charge in [0.2, 0.25) is 0 Å². The maximum atomic E-state index is 4.16. The minimum absolute atomic E-state index is 0.820. The molecule has 0 aliphatic carbocycles. The van der Waals surface area contributed by atoms with E-state index in [4.69, 9.17) is 0 Å². The molecule has 0 saturated carbocycles. The van der Waals surface area contributed by atoms with Crippen molar-refractivity contribution in [2.75, 3.05) is 5.75 Å². The average molecular weight is 192 g/mol. The number of rotatable bonds is 3. The summed E-state index contributed by atoms with van der Waals surface area (Å²) < 4.78 is 0. The summed E-state index contributed by atoms with van der Waals surface area (Å²) in [6.07, 6.45) is 5.14. The molecule has 0 spiro atoms. The summed E-state index contributed by atoms with van der Waals surface area (Å²) in [5.41, 5.74) is 1.79. The molecular formula is C8H8N4S. The Morgan fingerprint density at radius 2 is 2.54 bits per heavy atom. The number of nitrogens with one attached hydrogen (secondary N) is 1. The van der Waals surface area contributed by atoms with Gasteiger partial charge in [0.05, 0.1) is 18.0 Å². The van der Waals surface area contributed by atoms with E-state index in [0.29, 0.717) is 0 Å². The van der Waals surface area contributed by atoms with Crippen LogP contribution in [0.5, 0.6) is 0 Å². The number of thioether (sulfide) groups is 1. The zero-order valence-electron chi connectivity index (χ0n) is 6.90. The van der Waals surface area contributed by atoms with Gasteiger partial charge in [-0.15, -0.1) is 11.7 Å². The Labute approximate surface area is 79.5 Å². The molecule has 0 radical (unpaired) electrons. The first kappa shape index (κ1) is 8.25. The molecule has 0 fully saturated rings. The minimum Gasteiger partial charge on any atom is -0.343 e. The maximum Gasteiger partial charge on any atom is 0.147 e. The van der Waals surface area contributed by atoms with Crippen molar-refractivity contribution < 1.29 is 0 Å². The van der Waals surface area contributed by atoms with Crippen molar-refractivity contribution in [2.24, 2.45) is 0 Å². The molecule has 0 aliphatic heterocycles. The highest BCUT2D eigenvalue weighted by Gasteiger charge is 2.04. The summed E-state index contributed by atoms with van der Waals surface area (Å²) in [6, 6.07) is 0. The third-order valence-corrected chi connectivity index (χ3v) is 2.50. The highest BCUT2D eigenvalue weighted by atomic mass is 32.2. The minimum atomic E-state index is 0.820. The molecule has 0 bridgehead atoms. The molecular weight excluding hydrogens is 184 g/mol. The van der Waals surface area contributed by atoms with Crippen molar-refractivity contribution in [3.63, 3.8) is 0 Å². The van der Waals surface area contributed by atoms with Gasteiger partial charge in [-0.1, -0.05) is 17.8 Å². The van der Waals surface area contributed by atoms with Crippen molar-refractivity contribution in [3.05, 3.63) is 25.2 Å². The Morgan fingerprint density at radius 1 is 1.62 bits per heavy atom. The van der Waals surface area contributed by atoms with E-state index in [1.54, 1.807) is 24.3 Å². The number of fused-ring (bicyclic) bond motifs is 1. The third-order valence-electron chi connectivity index (χ3n) is 1.54. The van der Waals surface area contributed by atoms with Crippen LogP contribution in [0.25, 0.3) is 11.0 Å². The summed E-state index contributed by atoms with van der Waals surface area (Å²) in [7, 11) is 0. The molecule has 0 amide bonds. The smallest absolute Gasteiger partial charge is 0.147 e. The van der Waals surface area contributed by atoms with Gasteiger partial charge in [-0.3, -0.25) is 0 Å². The van der Waals surface area contributed by atoms with Crippen LogP contribution in [0.4, 0.5) is 0 Å². The Morgan fingerprint density at radius 3 is 3.38 bits per heavy atom. The molecule has 13 heavy (non-hydrogen) atoms. The molecule has 2 aromatic rings. The van der Waals surface area contributed by atoms with Crippen LogP contribution in [-0.4, -0.2) is 25.9 Å². The zero-order valence-corrected chi connectivity index (χ0v) is 7.71. The lowest BCUT2D eigenvalue weighted by molar-refractivity contribution is 0.950. The Hall–Kier alpha value is -1.36. The number of aromatic nitrogens is 4. The second kappa shape index (κ2) is 3.57. The number of nitrogens with zero attached hydrogens (tertiary/aromatic N) is 3. The van der Waals surface area contributed by atoms with E-state index in [0.717, 1.165) is 21.8 Å². The predicted octanol–water partition coefficient (Wildman–Crippen LogP) is 1.63. The summed E-state index contributed by atoms with van der Waals surface area (Å²) in [6.45, 7) is 3.65. The monoisotopic (exact) mass is 192 g/mol. The highest BCUT2D eigenvalue weighted by Crippen LogP contribution is 2.21. The van der Waals surface area contributed by atoms with Gasteiger partial charge in [0.1, 0.15) is 10.5 Å². The molecule has 0 saturated heterocycles. The van der Waals surface area contributed by atoms with Crippen molar-refractivity contribution in [1.29, 1.82) is 0 Å². The van der Waals surface area contributed by atoms with Crippen molar-refractivity contribution >= 4 is 22.8 Å². The molecule has 5 heteroatoms. The molecule has 4 nitrogen and oxygen atoms in total. The van der Waals surface area contributed by atoms with E-state index >= 15 is 0 Å². The van der Waals surface area contributed by atoms with Crippen LogP contribution >= 0.6 is 11.8 Å². The fraction of sp³-hybridized carbons (Fsp3) is 0.125. The second-order valence-electron chi connectivity index (χ2n) is 2.41. The predicted molar refractivity (Wildman–Crippen MR) is 52.6 cm³/mol. The summed E-state index contributed by atoms with van der Waals surface area (Å²) in [4.78, 5) is 7.14. The Kier molecular flexibility index (Phi) is 2.27. The Balaban J connectivity index is 2.42.